The van der Waals surface area contributed by atoms with E-state index < -0.39 is 8.07 Å². The topological polar surface area (TPSA) is 35.5 Å². The Bertz CT molecular complexity index is 396. The van der Waals surface area contributed by atoms with Gasteiger partial charge in [-0.05, 0) is 24.3 Å². The molecule has 0 bridgehead atoms. The highest BCUT2D eigenvalue weighted by atomic mass is 28.3. The van der Waals surface area contributed by atoms with Crippen molar-refractivity contribution in [3.8, 4) is 5.75 Å². The lowest BCUT2D eigenvalue weighted by atomic mass is 10.2. The maximum Gasteiger partial charge on any atom is 0.337 e. The molecule has 0 amide bonds. The molecule has 3 nitrogen and oxygen atoms in total. The van der Waals surface area contributed by atoms with Crippen LogP contribution in [-0.4, -0.2) is 27.4 Å². The number of carbonyl (C=O) groups excluding carboxylic acids is 1. The van der Waals surface area contributed by atoms with Crippen molar-refractivity contribution in [3.05, 3.63) is 42.1 Å². The number of esters is 1. The SMILES string of the molecule is C=C[Si](C)(C)COc1ccc(C(=O)OC)cc1. The Balaban J connectivity index is 2.63. The summed E-state index contributed by atoms with van der Waals surface area (Å²) in [7, 11) is -0.0863. The Morgan fingerprint density at radius 1 is 1.35 bits per heavy atom. The van der Waals surface area contributed by atoms with Crippen molar-refractivity contribution in [2.24, 2.45) is 0 Å². The van der Waals surface area contributed by atoms with Crippen LogP contribution in [0.4, 0.5) is 0 Å². The predicted octanol–water partition coefficient (Wildman–Crippen LogP) is 2.82. The molecule has 0 N–H and O–H groups in total. The zero-order chi connectivity index (χ0) is 12.9. The second-order valence-corrected chi connectivity index (χ2v) is 9.17. The quantitative estimate of drug-likeness (QED) is 0.595. The number of hydrogen-bond donors (Lipinski definition) is 0. The molecule has 0 spiro atoms. The molecule has 1 aromatic carbocycles. The van der Waals surface area contributed by atoms with E-state index in [4.69, 9.17) is 4.74 Å². The van der Waals surface area contributed by atoms with Crippen LogP contribution in [0.15, 0.2) is 36.5 Å². The van der Waals surface area contributed by atoms with E-state index in [0.717, 1.165) is 5.75 Å². The van der Waals surface area contributed by atoms with E-state index >= 15 is 0 Å². The fraction of sp³-hybridized carbons (Fsp3) is 0.308. The predicted molar refractivity (Wildman–Crippen MR) is 71.0 cm³/mol. The normalized spacial score (nSPS) is 10.8. The van der Waals surface area contributed by atoms with E-state index in [2.05, 4.69) is 24.4 Å². The molecule has 0 aliphatic rings. The fourth-order valence-corrected chi connectivity index (χ4v) is 1.79. The van der Waals surface area contributed by atoms with E-state index in [9.17, 15) is 4.79 Å². The summed E-state index contributed by atoms with van der Waals surface area (Å²) in [4.78, 5) is 11.2. The smallest absolute Gasteiger partial charge is 0.337 e. The summed E-state index contributed by atoms with van der Waals surface area (Å²) >= 11 is 0. The van der Waals surface area contributed by atoms with Crippen LogP contribution < -0.4 is 4.74 Å². The van der Waals surface area contributed by atoms with E-state index in [1.807, 2.05) is 5.70 Å². The third-order valence-electron chi connectivity index (χ3n) is 2.44. The molecule has 0 radical (unpaired) electrons. The summed E-state index contributed by atoms with van der Waals surface area (Å²) in [6.07, 6.45) is 0.689. The van der Waals surface area contributed by atoms with Crippen LogP contribution in [0, 0.1) is 0 Å². The molecule has 0 aliphatic carbocycles. The number of methoxy groups -OCH3 is 1. The van der Waals surface area contributed by atoms with E-state index in [1.54, 1.807) is 24.3 Å². The summed E-state index contributed by atoms with van der Waals surface area (Å²) in [5.41, 5.74) is 2.52. The molecular formula is C13H18O3Si. The van der Waals surface area contributed by atoms with Crippen LogP contribution in [0.1, 0.15) is 10.4 Å². The van der Waals surface area contributed by atoms with Gasteiger partial charge in [-0.1, -0.05) is 18.8 Å². The third kappa shape index (κ3) is 4.07. The molecule has 0 atom stereocenters. The van der Waals surface area contributed by atoms with Gasteiger partial charge in [0.2, 0.25) is 0 Å². The van der Waals surface area contributed by atoms with Gasteiger partial charge in [0, 0.05) is 0 Å². The minimum atomic E-state index is -1.45. The highest BCUT2D eigenvalue weighted by Crippen LogP contribution is 2.14. The van der Waals surface area contributed by atoms with Crippen LogP contribution >= 0.6 is 0 Å². The summed E-state index contributed by atoms with van der Waals surface area (Å²) in [5.74, 6) is 0.428. The number of benzene rings is 1. The molecule has 1 rings (SSSR count). The zero-order valence-electron chi connectivity index (χ0n) is 10.5. The Kier molecular flexibility index (Phi) is 4.51. The molecular weight excluding hydrogens is 232 g/mol. The third-order valence-corrected chi connectivity index (χ3v) is 4.43. The average Bonchev–Trinajstić information content (AvgIpc) is 2.36. The van der Waals surface area contributed by atoms with Gasteiger partial charge in [0.1, 0.15) is 13.8 Å². The van der Waals surface area contributed by atoms with Gasteiger partial charge in [-0.3, -0.25) is 0 Å². The highest BCUT2D eigenvalue weighted by Gasteiger charge is 2.17. The first-order chi connectivity index (χ1) is 7.98. The first-order valence-corrected chi connectivity index (χ1v) is 8.72. The lowest BCUT2D eigenvalue weighted by molar-refractivity contribution is 0.0600. The molecule has 0 saturated heterocycles. The maximum absolute atomic E-state index is 11.2. The lowest BCUT2D eigenvalue weighted by Gasteiger charge is -2.17. The maximum atomic E-state index is 11.2. The minimum Gasteiger partial charge on any atom is -0.497 e. The molecule has 92 valence electrons. The molecule has 0 fully saturated rings. The van der Waals surface area contributed by atoms with E-state index in [0.29, 0.717) is 11.8 Å². The Hall–Kier alpha value is -1.55. The number of hydrogen-bond acceptors (Lipinski definition) is 3. The number of carbonyl (C=O) groups is 1. The monoisotopic (exact) mass is 250 g/mol. The molecule has 0 saturated carbocycles. The van der Waals surface area contributed by atoms with Gasteiger partial charge >= 0.3 is 5.97 Å². The van der Waals surface area contributed by atoms with E-state index in [1.165, 1.54) is 7.11 Å². The van der Waals surface area contributed by atoms with Crippen molar-refractivity contribution in [2.75, 3.05) is 13.3 Å². The van der Waals surface area contributed by atoms with Gasteiger partial charge in [0.15, 0.2) is 0 Å². The van der Waals surface area contributed by atoms with Crippen molar-refractivity contribution in [3.63, 3.8) is 0 Å². The number of ether oxygens (including phenoxy) is 2. The van der Waals surface area contributed by atoms with Gasteiger partial charge < -0.3 is 9.47 Å². The van der Waals surface area contributed by atoms with Crippen LogP contribution in [0.5, 0.6) is 5.75 Å². The van der Waals surface area contributed by atoms with Crippen molar-refractivity contribution < 1.29 is 14.3 Å². The summed E-state index contributed by atoms with van der Waals surface area (Å²) < 4.78 is 10.3. The van der Waals surface area contributed by atoms with Gasteiger partial charge in [0.25, 0.3) is 0 Å². The molecule has 1 aromatic rings. The molecule has 0 aromatic heterocycles. The van der Waals surface area contributed by atoms with Crippen molar-refractivity contribution >= 4 is 14.0 Å². The molecule has 17 heavy (non-hydrogen) atoms. The van der Waals surface area contributed by atoms with Crippen molar-refractivity contribution in [2.45, 2.75) is 13.1 Å². The van der Waals surface area contributed by atoms with Crippen LogP contribution in [-0.2, 0) is 4.74 Å². The van der Waals surface area contributed by atoms with Gasteiger partial charge in [-0.15, -0.1) is 6.58 Å². The largest absolute Gasteiger partial charge is 0.497 e. The summed E-state index contributed by atoms with van der Waals surface area (Å²) in [6, 6.07) is 6.95. The van der Waals surface area contributed by atoms with Crippen LogP contribution in [0.3, 0.4) is 0 Å². The van der Waals surface area contributed by atoms with Gasteiger partial charge in [-0.2, -0.15) is 0 Å². The number of rotatable bonds is 5. The zero-order valence-corrected chi connectivity index (χ0v) is 11.5. The summed E-state index contributed by atoms with van der Waals surface area (Å²) in [5, 5.41) is 0. The highest BCUT2D eigenvalue weighted by molar-refractivity contribution is 6.82. The molecule has 4 heteroatoms. The molecule has 0 aliphatic heterocycles. The van der Waals surface area contributed by atoms with Crippen molar-refractivity contribution in [1.82, 2.24) is 0 Å². The fourth-order valence-electron chi connectivity index (χ4n) is 1.13. The van der Waals surface area contributed by atoms with Crippen LogP contribution in [0.25, 0.3) is 0 Å². The lowest BCUT2D eigenvalue weighted by Crippen LogP contribution is -2.31. The van der Waals surface area contributed by atoms with E-state index in [-0.39, 0.29) is 5.97 Å². The molecule has 0 unspecified atom stereocenters. The Labute approximate surface area is 103 Å². The first-order valence-electron chi connectivity index (χ1n) is 5.43. The average molecular weight is 250 g/mol. The summed E-state index contributed by atoms with van der Waals surface area (Å²) in [6.45, 7) is 8.18. The first kappa shape index (κ1) is 13.5. The second-order valence-electron chi connectivity index (χ2n) is 4.50. The van der Waals surface area contributed by atoms with Gasteiger partial charge in [0.05, 0.1) is 18.9 Å². The minimum absolute atomic E-state index is 0.336. The second kappa shape index (κ2) is 5.68. The van der Waals surface area contributed by atoms with Gasteiger partial charge in [-0.25, -0.2) is 4.79 Å². The Morgan fingerprint density at radius 2 is 1.94 bits per heavy atom. The standard InChI is InChI=1S/C13H18O3Si/c1-5-17(3,4)10-16-12-8-6-11(7-9-12)13(14)15-2/h5-9H,1,10H2,2-4H3. The Morgan fingerprint density at radius 3 is 2.41 bits per heavy atom. The molecule has 0 heterocycles. The van der Waals surface area contributed by atoms with Crippen molar-refractivity contribution in [1.29, 1.82) is 0 Å². The van der Waals surface area contributed by atoms with Crippen LogP contribution in [0.2, 0.25) is 13.1 Å².